The van der Waals surface area contributed by atoms with Crippen LogP contribution in [0.2, 0.25) is 0 Å². The first kappa shape index (κ1) is 12.2. The molecule has 0 aliphatic carbocycles. The molecule has 0 saturated carbocycles. The number of benzene rings is 1. The lowest BCUT2D eigenvalue weighted by molar-refractivity contribution is 0.0603. The zero-order valence-electron chi connectivity index (χ0n) is 10.1. The standard InChI is InChI=1S/C13H14N2O3/c1-3-18-8-7-15-12-6-4-5-10(13(16)17-2)11(12)9-14-15/h3-6,9H,1,7-8H2,2H3. The summed E-state index contributed by atoms with van der Waals surface area (Å²) in [5, 5.41) is 5.02. The lowest BCUT2D eigenvalue weighted by Gasteiger charge is -2.04. The van der Waals surface area contributed by atoms with E-state index >= 15 is 0 Å². The molecule has 0 unspecified atom stereocenters. The highest BCUT2D eigenvalue weighted by atomic mass is 16.5. The molecule has 0 amide bonds. The molecule has 94 valence electrons. The summed E-state index contributed by atoms with van der Waals surface area (Å²) in [5.74, 6) is -0.359. The van der Waals surface area contributed by atoms with Crippen molar-refractivity contribution in [1.82, 2.24) is 9.78 Å². The van der Waals surface area contributed by atoms with Crippen LogP contribution < -0.4 is 0 Å². The fourth-order valence-corrected chi connectivity index (χ4v) is 1.79. The summed E-state index contributed by atoms with van der Waals surface area (Å²) in [6.45, 7) is 4.56. The van der Waals surface area contributed by atoms with Crippen LogP contribution in [0.4, 0.5) is 0 Å². The van der Waals surface area contributed by atoms with Gasteiger partial charge < -0.3 is 9.47 Å². The Morgan fingerprint density at radius 1 is 1.56 bits per heavy atom. The zero-order valence-corrected chi connectivity index (χ0v) is 10.1. The topological polar surface area (TPSA) is 53.4 Å². The summed E-state index contributed by atoms with van der Waals surface area (Å²) in [4.78, 5) is 11.6. The highest BCUT2D eigenvalue weighted by Gasteiger charge is 2.12. The first-order chi connectivity index (χ1) is 8.77. The third-order valence-corrected chi connectivity index (χ3v) is 2.63. The molecular formula is C13H14N2O3. The summed E-state index contributed by atoms with van der Waals surface area (Å²) in [5.41, 5.74) is 1.40. The van der Waals surface area contributed by atoms with Gasteiger partial charge in [-0.25, -0.2) is 4.79 Å². The van der Waals surface area contributed by atoms with Gasteiger partial charge in [0.25, 0.3) is 0 Å². The minimum atomic E-state index is -0.359. The van der Waals surface area contributed by atoms with E-state index in [1.165, 1.54) is 13.4 Å². The van der Waals surface area contributed by atoms with Gasteiger partial charge in [-0.2, -0.15) is 5.10 Å². The van der Waals surface area contributed by atoms with E-state index < -0.39 is 0 Å². The Bertz CT molecular complexity index is 575. The number of hydrogen-bond donors (Lipinski definition) is 0. The maximum Gasteiger partial charge on any atom is 0.338 e. The third-order valence-electron chi connectivity index (χ3n) is 2.63. The quantitative estimate of drug-likeness (QED) is 0.460. The number of rotatable bonds is 5. The van der Waals surface area contributed by atoms with Crippen LogP contribution in [0.3, 0.4) is 0 Å². The lowest BCUT2D eigenvalue weighted by Crippen LogP contribution is -2.05. The average Bonchev–Trinajstić information content (AvgIpc) is 2.81. The number of esters is 1. The van der Waals surface area contributed by atoms with E-state index in [1.807, 2.05) is 6.07 Å². The molecule has 0 aliphatic heterocycles. The van der Waals surface area contributed by atoms with Gasteiger partial charge in [-0.1, -0.05) is 12.6 Å². The number of hydrogen-bond acceptors (Lipinski definition) is 4. The van der Waals surface area contributed by atoms with Crippen molar-refractivity contribution in [3.63, 3.8) is 0 Å². The Labute approximate surface area is 105 Å². The SMILES string of the molecule is C=COCCn1ncc2c(C(=O)OC)cccc21. The van der Waals surface area contributed by atoms with Crippen molar-refractivity contribution >= 4 is 16.9 Å². The van der Waals surface area contributed by atoms with Crippen molar-refractivity contribution in [3.05, 3.63) is 42.8 Å². The van der Waals surface area contributed by atoms with Crippen molar-refractivity contribution in [2.45, 2.75) is 6.54 Å². The summed E-state index contributed by atoms with van der Waals surface area (Å²) < 4.78 is 11.6. The Balaban J connectivity index is 2.35. The number of nitrogens with zero attached hydrogens (tertiary/aromatic N) is 2. The largest absolute Gasteiger partial charge is 0.500 e. The lowest BCUT2D eigenvalue weighted by atomic mass is 10.1. The van der Waals surface area contributed by atoms with E-state index in [1.54, 1.807) is 23.0 Å². The van der Waals surface area contributed by atoms with E-state index in [-0.39, 0.29) is 5.97 Å². The molecule has 0 N–H and O–H groups in total. The first-order valence-electron chi connectivity index (χ1n) is 5.53. The number of aromatic nitrogens is 2. The minimum Gasteiger partial charge on any atom is -0.500 e. The maximum atomic E-state index is 11.6. The first-order valence-corrected chi connectivity index (χ1v) is 5.53. The molecular weight excluding hydrogens is 232 g/mol. The van der Waals surface area contributed by atoms with Gasteiger partial charge >= 0.3 is 5.97 Å². The monoisotopic (exact) mass is 246 g/mol. The number of fused-ring (bicyclic) bond motifs is 1. The van der Waals surface area contributed by atoms with Gasteiger partial charge in [-0.3, -0.25) is 4.68 Å². The number of carbonyl (C=O) groups excluding carboxylic acids is 1. The highest BCUT2D eigenvalue weighted by molar-refractivity contribution is 6.03. The molecule has 0 fully saturated rings. The second-order valence-corrected chi connectivity index (χ2v) is 3.64. The molecule has 0 bridgehead atoms. The molecule has 1 heterocycles. The van der Waals surface area contributed by atoms with Gasteiger partial charge in [0.2, 0.25) is 0 Å². The van der Waals surface area contributed by atoms with Crippen LogP contribution in [-0.2, 0) is 16.0 Å². The van der Waals surface area contributed by atoms with E-state index in [4.69, 9.17) is 9.47 Å². The normalized spacial score (nSPS) is 10.3. The molecule has 0 saturated heterocycles. The van der Waals surface area contributed by atoms with E-state index in [0.717, 1.165) is 10.9 Å². The fourth-order valence-electron chi connectivity index (χ4n) is 1.79. The Morgan fingerprint density at radius 2 is 2.39 bits per heavy atom. The summed E-state index contributed by atoms with van der Waals surface area (Å²) in [6, 6.07) is 5.43. The predicted octanol–water partition coefficient (Wildman–Crippen LogP) is 1.98. The second kappa shape index (κ2) is 5.35. The van der Waals surface area contributed by atoms with Gasteiger partial charge in [-0.15, -0.1) is 0 Å². The number of ether oxygens (including phenoxy) is 2. The fraction of sp³-hybridized carbons (Fsp3) is 0.231. The van der Waals surface area contributed by atoms with E-state index in [0.29, 0.717) is 18.7 Å². The molecule has 0 aliphatic rings. The van der Waals surface area contributed by atoms with Crippen LogP contribution in [0.15, 0.2) is 37.2 Å². The molecule has 18 heavy (non-hydrogen) atoms. The zero-order chi connectivity index (χ0) is 13.0. The van der Waals surface area contributed by atoms with Crippen molar-refractivity contribution in [2.24, 2.45) is 0 Å². The third kappa shape index (κ3) is 2.20. The summed E-state index contributed by atoms with van der Waals surface area (Å²) in [7, 11) is 1.36. The van der Waals surface area contributed by atoms with Crippen molar-refractivity contribution in [3.8, 4) is 0 Å². The van der Waals surface area contributed by atoms with Gasteiger partial charge in [0.1, 0.15) is 6.61 Å². The van der Waals surface area contributed by atoms with Gasteiger partial charge in [0.05, 0.1) is 37.2 Å². The highest BCUT2D eigenvalue weighted by Crippen LogP contribution is 2.19. The van der Waals surface area contributed by atoms with Crippen LogP contribution in [0.1, 0.15) is 10.4 Å². The van der Waals surface area contributed by atoms with Crippen LogP contribution in [0.5, 0.6) is 0 Å². The van der Waals surface area contributed by atoms with Crippen molar-refractivity contribution in [1.29, 1.82) is 0 Å². The molecule has 1 aromatic heterocycles. The second-order valence-electron chi connectivity index (χ2n) is 3.64. The number of methoxy groups -OCH3 is 1. The van der Waals surface area contributed by atoms with Crippen molar-refractivity contribution < 1.29 is 14.3 Å². The van der Waals surface area contributed by atoms with E-state index in [9.17, 15) is 4.79 Å². The van der Waals surface area contributed by atoms with Crippen LogP contribution in [-0.4, -0.2) is 29.5 Å². The Morgan fingerprint density at radius 3 is 3.11 bits per heavy atom. The molecule has 2 rings (SSSR count). The molecule has 2 aromatic rings. The molecule has 0 spiro atoms. The van der Waals surface area contributed by atoms with Crippen molar-refractivity contribution in [2.75, 3.05) is 13.7 Å². The minimum absolute atomic E-state index is 0.359. The van der Waals surface area contributed by atoms with Crippen LogP contribution in [0.25, 0.3) is 10.9 Å². The number of carbonyl (C=O) groups is 1. The Hall–Kier alpha value is -2.30. The molecule has 5 heteroatoms. The van der Waals surface area contributed by atoms with Gasteiger partial charge in [-0.05, 0) is 12.1 Å². The molecule has 0 radical (unpaired) electrons. The predicted molar refractivity (Wildman–Crippen MR) is 67.2 cm³/mol. The maximum absolute atomic E-state index is 11.6. The smallest absolute Gasteiger partial charge is 0.338 e. The summed E-state index contributed by atoms with van der Waals surface area (Å²) >= 11 is 0. The molecule has 0 atom stereocenters. The van der Waals surface area contributed by atoms with Gasteiger partial charge in [0, 0.05) is 5.39 Å². The van der Waals surface area contributed by atoms with Gasteiger partial charge in [0.15, 0.2) is 0 Å². The molecule has 1 aromatic carbocycles. The Kier molecular flexibility index (Phi) is 3.62. The van der Waals surface area contributed by atoms with E-state index in [2.05, 4.69) is 11.7 Å². The van der Waals surface area contributed by atoms with Crippen LogP contribution >= 0.6 is 0 Å². The average molecular weight is 246 g/mol. The van der Waals surface area contributed by atoms with Crippen LogP contribution in [0, 0.1) is 0 Å². The summed E-state index contributed by atoms with van der Waals surface area (Å²) in [6.07, 6.45) is 3.06. The molecule has 5 nitrogen and oxygen atoms in total.